The Balaban J connectivity index is 2.05. The van der Waals surface area contributed by atoms with Gasteiger partial charge in [0.05, 0.1) is 6.54 Å². The van der Waals surface area contributed by atoms with Gasteiger partial charge in [0.15, 0.2) is 0 Å². The van der Waals surface area contributed by atoms with Crippen molar-refractivity contribution >= 4 is 27.6 Å². The van der Waals surface area contributed by atoms with E-state index in [0.717, 1.165) is 28.7 Å². The van der Waals surface area contributed by atoms with Gasteiger partial charge in [0.25, 0.3) is 0 Å². The van der Waals surface area contributed by atoms with Gasteiger partial charge in [0.2, 0.25) is 0 Å². The van der Waals surface area contributed by atoms with Gasteiger partial charge in [-0.1, -0.05) is 39.7 Å². The van der Waals surface area contributed by atoms with E-state index in [1.54, 1.807) is 0 Å². The quantitative estimate of drug-likeness (QED) is 0.840. The van der Waals surface area contributed by atoms with E-state index >= 15 is 0 Å². The summed E-state index contributed by atoms with van der Waals surface area (Å²) in [6, 6.07) is 6.00. The molecule has 4 heteroatoms. The first-order chi connectivity index (χ1) is 8.56. The predicted molar refractivity (Wildman–Crippen MR) is 78.1 cm³/mol. The van der Waals surface area contributed by atoms with E-state index in [4.69, 9.17) is 0 Å². The molecule has 2 rings (SSSR count). The second-order valence-corrected chi connectivity index (χ2v) is 5.63. The molecule has 1 heterocycles. The summed E-state index contributed by atoms with van der Waals surface area (Å²) < 4.78 is 1.07. The van der Waals surface area contributed by atoms with Crippen molar-refractivity contribution in [2.75, 3.05) is 18.4 Å². The molecule has 0 spiro atoms. The number of urea groups is 1. The fraction of sp³-hybridized carbons (Fsp3) is 0.357. The second-order valence-electron chi connectivity index (χ2n) is 4.61. The van der Waals surface area contributed by atoms with Crippen LogP contribution in [0.15, 0.2) is 28.8 Å². The number of benzene rings is 1. The van der Waals surface area contributed by atoms with Gasteiger partial charge in [-0.05, 0) is 31.9 Å². The summed E-state index contributed by atoms with van der Waals surface area (Å²) >= 11 is 3.45. The number of rotatable bonds is 1. The number of amides is 2. The van der Waals surface area contributed by atoms with Crippen LogP contribution in [0.4, 0.5) is 10.5 Å². The highest BCUT2D eigenvalue weighted by Gasteiger charge is 2.17. The lowest BCUT2D eigenvalue weighted by molar-refractivity contribution is 0.216. The normalized spacial score (nSPS) is 15.3. The molecule has 1 aromatic rings. The molecule has 0 radical (unpaired) electrons. The van der Waals surface area contributed by atoms with Crippen LogP contribution in [0.5, 0.6) is 0 Å². The van der Waals surface area contributed by atoms with Gasteiger partial charge < -0.3 is 10.2 Å². The molecule has 2 amide bonds. The van der Waals surface area contributed by atoms with Crippen LogP contribution in [0.1, 0.15) is 17.5 Å². The lowest BCUT2D eigenvalue weighted by Crippen LogP contribution is -2.38. The summed E-state index contributed by atoms with van der Waals surface area (Å²) in [7, 11) is 0. The fourth-order valence-corrected chi connectivity index (χ4v) is 2.56. The van der Waals surface area contributed by atoms with E-state index in [1.165, 1.54) is 5.56 Å². The Hall–Kier alpha value is -1.29. The molecule has 3 nitrogen and oxygen atoms in total. The van der Waals surface area contributed by atoms with E-state index in [2.05, 4.69) is 33.4 Å². The highest BCUT2D eigenvalue weighted by atomic mass is 79.9. The van der Waals surface area contributed by atoms with Crippen molar-refractivity contribution in [3.63, 3.8) is 0 Å². The topological polar surface area (TPSA) is 32.3 Å². The smallest absolute Gasteiger partial charge is 0.319 e. The van der Waals surface area contributed by atoms with Crippen LogP contribution in [-0.4, -0.2) is 24.0 Å². The summed E-state index contributed by atoms with van der Waals surface area (Å²) in [6.45, 7) is 5.47. The van der Waals surface area contributed by atoms with E-state index in [0.29, 0.717) is 6.54 Å². The summed E-state index contributed by atoms with van der Waals surface area (Å²) in [5.41, 5.74) is 3.18. The van der Waals surface area contributed by atoms with E-state index in [-0.39, 0.29) is 6.03 Å². The largest absolute Gasteiger partial charge is 0.322 e. The third-order valence-corrected chi connectivity index (χ3v) is 3.59. The first-order valence-corrected chi connectivity index (χ1v) is 6.83. The number of carbonyl (C=O) groups excluding carboxylic acids is 1. The Labute approximate surface area is 116 Å². The third kappa shape index (κ3) is 3.13. The summed E-state index contributed by atoms with van der Waals surface area (Å²) in [6.07, 6.45) is 3.02. The van der Waals surface area contributed by atoms with Gasteiger partial charge in [-0.3, -0.25) is 0 Å². The summed E-state index contributed by atoms with van der Waals surface area (Å²) in [4.78, 5) is 13.9. The number of nitrogens with one attached hydrogen (secondary N) is 1. The van der Waals surface area contributed by atoms with E-state index in [9.17, 15) is 4.79 Å². The molecule has 0 aliphatic carbocycles. The molecule has 0 atom stereocenters. The molecule has 1 aliphatic rings. The first-order valence-electron chi connectivity index (χ1n) is 6.04. The van der Waals surface area contributed by atoms with Crippen molar-refractivity contribution in [1.29, 1.82) is 0 Å². The molecule has 0 saturated carbocycles. The standard InChI is InChI=1S/C14H17BrN2O/c1-10-5-6-13(11(2)8-10)16-14(18)17-7-3-4-12(15)9-17/h4-6,8H,3,7,9H2,1-2H3,(H,16,18). The van der Waals surface area contributed by atoms with Gasteiger partial charge in [-0.2, -0.15) is 0 Å². The number of anilines is 1. The van der Waals surface area contributed by atoms with Crippen molar-refractivity contribution in [1.82, 2.24) is 4.90 Å². The van der Waals surface area contributed by atoms with Crippen LogP contribution in [0.3, 0.4) is 0 Å². The van der Waals surface area contributed by atoms with Gasteiger partial charge in [-0.15, -0.1) is 0 Å². The van der Waals surface area contributed by atoms with Crippen LogP contribution >= 0.6 is 15.9 Å². The highest BCUT2D eigenvalue weighted by molar-refractivity contribution is 9.11. The Morgan fingerprint density at radius 2 is 2.17 bits per heavy atom. The molecule has 1 aliphatic heterocycles. The minimum absolute atomic E-state index is 0.0352. The number of hydrogen-bond donors (Lipinski definition) is 1. The van der Waals surface area contributed by atoms with E-state index in [1.807, 2.05) is 30.9 Å². The van der Waals surface area contributed by atoms with Gasteiger partial charge in [0, 0.05) is 16.7 Å². The minimum Gasteiger partial charge on any atom is -0.319 e. The van der Waals surface area contributed by atoms with Crippen molar-refractivity contribution in [2.45, 2.75) is 20.3 Å². The molecule has 1 N–H and O–H groups in total. The first kappa shape index (κ1) is 13.1. The van der Waals surface area contributed by atoms with E-state index < -0.39 is 0 Å². The highest BCUT2D eigenvalue weighted by Crippen LogP contribution is 2.19. The Morgan fingerprint density at radius 1 is 1.39 bits per heavy atom. The summed E-state index contributed by atoms with van der Waals surface area (Å²) in [5.74, 6) is 0. The van der Waals surface area contributed by atoms with Gasteiger partial charge in [0.1, 0.15) is 0 Å². The number of aryl methyl sites for hydroxylation is 2. The van der Waals surface area contributed by atoms with Gasteiger partial charge >= 0.3 is 6.03 Å². The lowest BCUT2D eigenvalue weighted by atomic mass is 10.1. The molecule has 0 unspecified atom stereocenters. The maximum atomic E-state index is 12.1. The molecular weight excluding hydrogens is 292 g/mol. The number of nitrogens with zero attached hydrogens (tertiary/aromatic N) is 1. The molecule has 1 aromatic carbocycles. The second kappa shape index (κ2) is 5.57. The Morgan fingerprint density at radius 3 is 2.83 bits per heavy atom. The van der Waals surface area contributed by atoms with Crippen LogP contribution in [0, 0.1) is 13.8 Å². The maximum Gasteiger partial charge on any atom is 0.322 e. The van der Waals surface area contributed by atoms with Crippen molar-refractivity contribution in [3.8, 4) is 0 Å². The minimum atomic E-state index is -0.0352. The monoisotopic (exact) mass is 308 g/mol. The number of carbonyl (C=O) groups is 1. The average molecular weight is 309 g/mol. The molecule has 0 saturated heterocycles. The number of halogens is 1. The van der Waals surface area contributed by atoms with Crippen LogP contribution in [-0.2, 0) is 0 Å². The molecule has 96 valence electrons. The Bertz CT molecular complexity index is 497. The molecule has 0 fully saturated rings. The van der Waals surface area contributed by atoms with Crippen LogP contribution in [0.25, 0.3) is 0 Å². The van der Waals surface area contributed by atoms with Crippen LogP contribution in [0.2, 0.25) is 0 Å². The number of hydrogen-bond acceptors (Lipinski definition) is 1. The lowest BCUT2D eigenvalue weighted by Gasteiger charge is -2.26. The fourth-order valence-electron chi connectivity index (χ4n) is 2.02. The summed E-state index contributed by atoms with van der Waals surface area (Å²) in [5, 5.41) is 2.97. The van der Waals surface area contributed by atoms with Crippen molar-refractivity contribution < 1.29 is 4.79 Å². The zero-order chi connectivity index (χ0) is 13.1. The zero-order valence-corrected chi connectivity index (χ0v) is 12.3. The third-order valence-electron chi connectivity index (χ3n) is 3.02. The molecule has 0 aromatic heterocycles. The van der Waals surface area contributed by atoms with Crippen molar-refractivity contribution in [3.05, 3.63) is 39.9 Å². The molecular formula is C14H17BrN2O. The molecule has 0 bridgehead atoms. The SMILES string of the molecule is Cc1ccc(NC(=O)N2CCC=C(Br)C2)c(C)c1. The predicted octanol–water partition coefficient (Wildman–Crippen LogP) is 3.82. The van der Waals surface area contributed by atoms with Gasteiger partial charge in [-0.25, -0.2) is 4.79 Å². The van der Waals surface area contributed by atoms with Crippen molar-refractivity contribution in [2.24, 2.45) is 0 Å². The zero-order valence-electron chi connectivity index (χ0n) is 10.7. The Kier molecular flexibility index (Phi) is 4.07. The molecule has 18 heavy (non-hydrogen) atoms. The maximum absolute atomic E-state index is 12.1. The average Bonchev–Trinajstić information content (AvgIpc) is 2.32. The van der Waals surface area contributed by atoms with Crippen LogP contribution < -0.4 is 5.32 Å².